The van der Waals surface area contributed by atoms with Crippen LogP contribution in [0.4, 0.5) is 5.69 Å². The molecule has 0 atom stereocenters. The molecule has 1 aliphatic rings. The maximum absolute atomic E-state index is 12.8. The highest BCUT2D eigenvalue weighted by Crippen LogP contribution is 2.24. The summed E-state index contributed by atoms with van der Waals surface area (Å²) < 4.78 is 1.86. The number of nitrogens with zero attached hydrogens (tertiary/aromatic N) is 4. The number of fused-ring (bicyclic) bond motifs is 1. The number of aryl methyl sites for hydroxylation is 1. The Morgan fingerprint density at radius 2 is 1.84 bits per heavy atom. The Kier molecular flexibility index (Phi) is 5.81. The van der Waals surface area contributed by atoms with Gasteiger partial charge in [0.2, 0.25) is 4.80 Å². The van der Waals surface area contributed by atoms with E-state index in [-0.39, 0.29) is 5.91 Å². The number of aromatic nitrogens is 3. The highest BCUT2D eigenvalue weighted by molar-refractivity contribution is 7.12. The van der Waals surface area contributed by atoms with E-state index >= 15 is 0 Å². The van der Waals surface area contributed by atoms with E-state index in [9.17, 15) is 4.79 Å². The number of hydrogen-bond donors (Lipinski definition) is 1. The van der Waals surface area contributed by atoms with Crippen molar-refractivity contribution in [3.63, 3.8) is 0 Å². The van der Waals surface area contributed by atoms with Crippen LogP contribution in [-0.4, -0.2) is 26.7 Å². The number of rotatable bonds is 4. The predicted molar refractivity (Wildman–Crippen MR) is 129 cm³/mol. The monoisotopic (exact) mass is 443 g/mol. The van der Waals surface area contributed by atoms with Crippen molar-refractivity contribution in [1.29, 1.82) is 0 Å². The van der Waals surface area contributed by atoms with Crippen LogP contribution in [0.25, 0.3) is 21.5 Å². The van der Waals surface area contributed by atoms with Gasteiger partial charge < -0.3 is 5.32 Å². The Hall–Kier alpha value is -3.32. The fraction of sp³-hybridized carbons (Fsp3) is 0.280. The van der Waals surface area contributed by atoms with Crippen LogP contribution < -0.4 is 10.1 Å². The zero-order chi connectivity index (χ0) is 21.9. The average molecular weight is 444 g/mol. The van der Waals surface area contributed by atoms with Crippen LogP contribution in [0.5, 0.6) is 0 Å². The number of nitrogens with one attached hydrogen (secondary N) is 1. The molecule has 0 saturated heterocycles. The molecule has 6 nitrogen and oxygen atoms in total. The van der Waals surface area contributed by atoms with Crippen molar-refractivity contribution in [3.8, 4) is 10.6 Å². The molecule has 2 aromatic carbocycles. The van der Waals surface area contributed by atoms with E-state index < -0.39 is 0 Å². The van der Waals surface area contributed by atoms with Crippen molar-refractivity contribution in [1.82, 2.24) is 14.8 Å². The van der Waals surface area contributed by atoms with Crippen molar-refractivity contribution in [3.05, 3.63) is 71.2 Å². The first kappa shape index (κ1) is 20.6. The second-order valence-electron chi connectivity index (χ2n) is 8.15. The van der Waals surface area contributed by atoms with Gasteiger partial charge in [0.05, 0.1) is 17.2 Å². The summed E-state index contributed by atoms with van der Waals surface area (Å²) in [5, 5.41) is 9.54. The lowest BCUT2D eigenvalue weighted by molar-refractivity contribution is 0.102. The molecule has 0 radical (unpaired) electrons. The molecule has 2 aromatic heterocycles. The number of benzene rings is 2. The molecule has 5 rings (SSSR count). The number of amides is 1. The van der Waals surface area contributed by atoms with E-state index in [2.05, 4.69) is 15.4 Å². The maximum atomic E-state index is 12.8. The second kappa shape index (κ2) is 9.04. The first-order valence-electron chi connectivity index (χ1n) is 11.0. The second-order valence-corrected chi connectivity index (χ2v) is 9.10. The van der Waals surface area contributed by atoms with Crippen molar-refractivity contribution < 1.29 is 4.79 Å². The minimum absolute atomic E-state index is 0.160. The normalized spacial score (nSPS) is 15.2. The number of anilines is 1. The number of pyridine rings is 1. The average Bonchev–Trinajstić information content (AvgIpc) is 3.20. The van der Waals surface area contributed by atoms with Gasteiger partial charge in [0.25, 0.3) is 5.91 Å². The summed E-state index contributed by atoms with van der Waals surface area (Å²) in [6.45, 7) is 0. The molecule has 162 valence electrons. The summed E-state index contributed by atoms with van der Waals surface area (Å²) in [4.78, 5) is 23.1. The van der Waals surface area contributed by atoms with Gasteiger partial charge in [-0.05, 0) is 37.1 Å². The third-order valence-corrected chi connectivity index (χ3v) is 6.91. The molecule has 4 aromatic rings. The predicted octanol–water partition coefficient (Wildman–Crippen LogP) is 5.18. The van der Waals surface area contributed by atoms with Gasteiger partial charge in [-0.1, -0.05) is 60.9 Å². The van der Waals surface area contributed by atoms with E-state index in [0.29, 0.717) is 17.3 Å². The van der Waals surface area contributed by atoms with Crippen molar-refractivity contribution in [2.75, 3.05) is 5.32 Å². The van der Waals surface area contributed by atoms with Gasteiger partial charge in [-0.15, -0.1) is 0 Å². The van der Waals surface area contributed by atoms with Crippen molar-refractivity contribution in [2.45, 2.75) is 38.1 Å². The van der Waals surface area contributed by atoms with Crippen LogP contribution in [0.1, 0.15) is 42.5 Å². The number of para-hydroxylation sites is 1. The zero-order valence-electron chi connectivity index (χ0n) is 18.0. The number of carbonyl (C=O) groups excluding carboxylic acids is 1. The van der Waals surface area contributed by atoms with Gasteiger partial charge in [-0.2, -0.15) is 5.10 Å². The van der Waals surface area contributed by atoms with Gasteiger partial charge in [0.15, 0.2) is 0 Å². The van der Waals surface area contributed by atoms with E-state index in [1.807, 2.05) is 66.3 Å². The van der Waals surface area contributed by atoms with Crippen LogP contribution in [-0.2, 0) is 7.05 Å². The summed E-state index contributed by atoms with van der Waals surface area (Å²) in [6.07, 6.45) is 7.93. The van der Waals surface area contributed by atoms with Gasteiger partial charge in [-0.25, -0.2) is 4.68 Å². The molecule has 1 N–H and O–H groups in total. The standard InChI is InChI=1S/C25H25N5OS/c1-30-25(27-20-9-3-2-4-10-20)32-24(29-30)19-14-12-18(13-15-19)23(31)28-21-11-5-7-17-8-6-16-26-22(17)21/h5-8,11-16,20H,2-4,9-10H2,1H3,(H,28,31). The Morgan fingerprint density at radius 3 is 2.66 bits per heavy atom. The summed E-state index contributed by atoms with van der Waals surface area (Å²) in [5.74, 6) is -0.160. The van der Waals surface area contributed by atoms with Crippen LogP contribution in [0.15, 0.2) is 65.8 Å². The molecular weight excluding hydrogens is 418 g/mol. The molecule has 1 fully saturated rings. The first-order valence-corrected chi connectivity index (χ1v) is 11.8. The lowest BCUT2D eigenvalue weighted by Crippen LogP contribution is -2.18. The molecule has 0 unspecified atom stereocenters. The number of hydrogen-bond acceptors (Lipinski definition) is 5. The van der Waals surface area contributed by atoms with E-state index in [1.54, 1.807) is 17.5 Å². The molecular formula is C25H25N5OS. The Bertz CT molecular complexity index is 1310. The molecule has 2 heterocycles. The first-order chi connectivity index (χ1) is 15.7. The quantitative estimate of drug-likeness (QED) is 0.472. The molecule has 1 saturated carbocycles. The smallest absolute Gasteiger partial charge is 0.255 e. The zero-order valence-corrected chi connectivity index (χ0v) is 18.8. The van der Waals surface area contributed by atoms with E-state index in [1.165, 1.54) is 32.1 Å². The van der Waals surface area contributed by atoms with Gasteiger partial charge in [0.1, 0.15) is 5.01 Å². The SMILES string of the molecule is Cn1nc(-c2ccc(C(=O)Nc3cccc4cccnc34)cc2)sc1=NC1CCCCC1. The minimum Gasteiger partial charge on any atom is -0.320 e. The van der Waals surface area contributed by atoms with E-state index in [0.717, 1.165) is 26.3 Å². The highest BCUT2D eigenvalue weighted by Gasteiger charge is 2.14. The molecule has 0 aliphatic heterocycles. The largest absolute Gasteiger partial charge is 0.320 e. The lowest BCUT2D eigenvalue weighted by Gasteiger charge is -2.16. The highest BCUT2D eigenvalue weighted by atomic mass is 32.1. The van der Waals surface area contributed by atoms with Gasteiger partial charge >= 0.3 is 0 Å². The molecule has 0 spiro atoms. The lowest BCUT2D eigenvalue weighted by atomic mass is 9.96. The maximum Gasteiger partial charge on any atom is 0.255 e. The molecule has 7 heteroatoms. The summed E-state index contributed by atoms with van der Waals surface area (Å²) in [7, 11) is 1.95. The fourth-order valence-electron chi connectivity index (χ4n) is 4.11. The topological polar surface area (TPSA) is 72.2 Å². The summed E-state index contributed by atoms with van der Waals surface area (Å²) >= 11 is 1.60. The van der Waals surface area contributed by atoms with Crippen LogP contribution >= 0.6 is 11.3 Å². The molecule has 1 amide bonds. The molecule has 1 aliphatic carbocycles. The Balaban J connectivity index is 1.34. The van der Waals surface area contributed by atoms with E-state index in [4.69, 9.17) is 4.99 Å². The van der Waals surface area contributed by atoms with Crippen molar-refractivity contribution in [2.24, 2.45) is 12.0 Å². The Morgan fingerprint density at radius 1 is 1.06 bits per heavy atom. The van der Waals surface area contributed by atoms with Crippen LogP contribution in [0.3, 0.4) is 0 Å². The molecule has 0 bridgehead atoms. The minimum atomic E-state index is -0.160. The van der Waals surface area contributed by atoms with Gasteiger partial charge in [-0.3, -0.25) is 14.8 Å². The number of carbonyl (C=O) groups is 1. The third-order valence-electron chi connectivity index (χ3n) is 5.85. The van der Waals surface area contributed by atoms with Crippen LogP contribution in [0.2, 0.25) is 0 Å². The fourth-order valence-corrected chi connectivity index (χ4v) is 5.07. The summed E-state index contributed by atoms with van der Waals surface area (Å²) in [6, 6.07) is 17.6. The van der Waals surface area contributed by atoms with Gasteiger partial charge in [0, 0.05) is 29.8 Å². The molecule has 32 heavy (non-hydrogen) atoms. The van der Waals surface area contributed by atoms with Crippen LogP contribution in [0, 0.1) is 0 Å². The Labute approximate surface area is 190 Å². The van der Waals surface area contributed by atoms with Crippen molar-refractivity contribution >= 4 is 33.8 Å². The summed E-state index contributed by atoms with van der Waals surface area (Å²) in [5.41, 5.74) is 3.07. The third kappa shape index (κ3) is 4.34.